The van der Waals surface area contributed by atoms with Crippen molar-refractivity contribution in [3.05, 3.63) is 34.6 Å². The van der Waals surface area contributed by atoms with Crippen molar-refractivity contribution in [1.82, 2.24) is 14.7 Å². The third-order valence-corrected chi connectivity index (χ3v) is 5.03. The van der Waals surface area contributed by atoms with Crippen LogP contribution in [-0.4, -0.2) is 86.2 Å². The minimum atomic E-state index is -0.534. The average molecular weight is 372 g/mol. The highest BCUT2D eigenvalue weighted by atomic mass is 35.5. The first kappa shape index (κ1) is 20.1. The van der Waals surface area contributed by atoms with Gasteiger partial charge in [-0.25, -0.2) is 4.39 Å². The molecule has 0 spiro atoms. The first-order chi connectivity index (χ1) is 11.8. The normalized spacial score (nSPS) is 20.7. The minimum absolute atomic E-state index is 0.0521. The molecule has 0 saturated carbocycles. The van der Waals surface area contributed by atoms with Crippen LogP contribution in [0.15, 0.2) is 18.2 Å². The number of halogens is 2. The molecule has 25 heavy (non-hydrogen) atoms. The number of nitrogens with zero attached hydrogens (tertiary/aromatic N) is 3. The van der Waals surface area contributed by atoms with Gasteiger partial charge in [0.25, 0.3) is 5.91 Å². The molecule has 1 N–H and O–H groups in total. The number of likely N-dealkylation sites (tertiary alicyclic amines) is 1. The lowest BCUT2D eigenvalue weighted by atomic mass is 9.96. The van der Waals surface area contributed by atoms with Gasteiger partial charge >= 0.3 is 0 Å². The van der Waals surface area contributed by atoms with Crippen molar-refractivity contribution in [3.8, 4) is 0 Å². The third kappa shape index (κ3) is 5.38. The zero-order chi connectivity index (χ0) is 18.6. The Labute approximate surface area is 154 Å². The van der Waals surface area contributed by atoms with Crippen LogP contribution in [0.25, 0.3) is 0 Å². The van der Waals surface area contributed by atoms with Gasteiger partial charge in [0.15, 0.2) is 0 Å². The molecule has 140 valence electrons. The Morgan fingerprint density at radius 3 is 2.56 bits per heavy atom. The van der Waals surface area contributed by atoms with Gasteiger partial charge in [-0.1, -0.05) is 11.6 Å². The van der Waals surface area contributed by atoms with Crippen LogP contribution in [0.5, 0.6) is 0 Å². The maximum Gasteiger partial charge on any atom is 0.253 e. The van der Waals surface area contributed by atoms with E-state index in [0.717, 1.165) is 19.6 Å². The molecular weight excluding hydrogens is 345 g/mol. The fourth-order valence-corrected chi connectivity index (χ4v) is 3.37. The summed E-state index contributed by atoms with van der Waals surface area (Å²) in [5.74, 6) is -0.425. The molecule has 0 aromatic heterocycles. The zero-order valence-electron chi connectivity index (χ0n) is 15.1. The van der Waals surface area contributed by atoms with Crippen molar-refractivity contribution in [2.45, 2.75) is 0 Å². The first-order valence-electron chi connectivity index (χ1n) is 8.50. The van der Waals surface area contributed by atoms with E-state index >= 15 is 0 Å². The highest BCUT2D eigenvalue weighted by Crippen LogP contribution is 2.26. The number of benzene rings is 1. The monoisotopic (exact) mass is 371 g/mol. The average Bonchev–Trinajstić information content (AvgIpc) is 2.97. The van der Waals surface area contributed by atoms with Gasteiger partial charge in [0.2, 0.25) is 0 Å². The lowest BCUT2D eigenvalue weighted by Gasteiger charge is -2.25. The predicted molar refractivity (Wildman–Crippen MR) is 97.4 cm³/mol. The largest absolute Gasteiger partial charge is 0.396 e. The summed E-state index contributed by atoms with van der Waals surface area (Å²) in [6, 6.07) is 4.03. The number of aliphatic hydroxyl groups excluding tert-OH is 1. The molecule has 0 radical (unpaired) electrons. The Balaban J connectivity index is 1.99. The maximum atomic E-state index is 13.3. The van der Waals surface area contributed by atoms with Crippen LogP contribution in [0.2, 0.25) is 5.02 Å². The Hall–Kier alpha value is -1.21. The van der Waals surface area contributed by atoms with Gasteiger partial charge < -0.3 is 19.8 Å². The highest BCUT2D eigenvalue weighted by Gasteiger charge is 2.35. The number of aliphatic hydroxyl groups is 1. The third-order valence-electron chi connectivity index (χ3n) is 4.74. The van der Waals surface area contributed by atoms with Crippen molar-refractivity contribution in [2.75, 3.05) is 60.5 Å². The van der Waals surface area contributed by atoms with E-state index in [9.17, 15) is 14.3 Å². The minimum Gasteiger partial charge on any atom is -0.396 e. The van der Waals surface area contributed by atoms with Crippen LogP contribution in [0.4, 0.5) is 4.39 Å². The summed E-state index contributed by atoms with van der Waals surface area (Å²) in [6.45, 7) is 3.88. The second-order valence-corrected chi connectivity index (χ2v) is 7.51. The number of likely N-dealkylation sites (N-methyl/N-ethyl adjacent to an activating group) is 2. The van der Waals surface area contributed by atoms with Gasteiger partial charge in [0.05, 0.1) is 5.02 Å². The second-order valence-electron chi connectivity index (χ2n) is 7.11. The molecule has 1 aromatic carbocycles. The Morgan fingerprint density at radius 1 is 1.28 bits per heavy atom. The summed E-state index contributed by atoms with van der Waals surface area (Å²) in [4.78, 5) is 18.8. The van der Waals surface area contributed by atoms with E-state index in [-0.39, 0.29) is 29.4 Å². The van der Waals surface area contributed by atoms with Crippen LogP contribution < -0.4 is 0 Å². The summed E-state index contributed by atoms with van der Waals surface area (Å²) >= 11 is 5.78. The molecule has 0 bridgehead atoms. The van der Waals surface area contributed by atoms with E-state index in [1.165, 1.54) is 18.2 Å². The zero-order valence-corrected chi connectivity index (χ0v) is 15.8. The van der Waals surface area contributed by atoms with Crippen molar-refractivity contribution in [1.29, 1.82) is 0 Å². The van der Waals surface area contributed by atoms with Gasteiger partial charge in [-0.05, 0) is 45.3 Å². The number of hydrogen-bond donors (Lipinski definition) is 1. The van der Waals surface area contributed by atoms with E-state index in [2.05, 4.69) is 16.8 Å². The predicted octanol–water partition coefficient (Wildman–Crippen LogP) is 1.65. The van der Waals surface area contributed by atoms with Crippen LogP contribution in [0, 0.1) is 17.7 Å². The van der Waals surface area contributed by atoms with E-state index in [1.807, 2.05) is 14.1 Å². The number of carbonyl (C=O) groups is 1. The van der Waals surface area contributed by atoms with E-state index in [0.29, 0.717) is 18.7 Å². The molecule has 7 heteroatoms. The fraction of sp³-hybridized carbons (Fsp3) is 0.611. The van der Waals surface area contributed by atoms with E-state index < -0.39 is 5.82 Å². The molecule has 1 saturated heterocycles. The smallest absolute Gasteiger partial charge is 0.253 e. The molecule has 1 fully saturated rings. The number of hydrogen-bond acceptors (Lipinski definition) is 4. The van der Waals surface area contributed by atoms with Gasteiger partial charge in [0, 0.05) is 50.8 Å². The van der Waals surface area contributed by atoms with Crippen molar-refractivity contribution < 1.29 is 14.3 Å². The van der Waals surface area contributed by atoms with Crippen LogP contribution in [0.1, 0.15) is 10.4 Å². The molecule has 1 heterocycles. The highest BCUT2D eigenvalue weighted by molar-refractivity contribution is 6.31. The van der Waals surface area contributed by atoms with Crippen LogP contribution in [0.3, 0.4) is 0 Å². The summed E-state index contributed by atoms with van der Waals surface area (Å²) in [5.41, 5.74) is 0.379. The summed E-state index contributed by atoms with van der Waals surface area (Å²) < 4.78 is 13.3. The Bertz CT molecular complexity index is 600. The van der Waals surface area contributed by atoms with Crippen molar-refractivity contribution in [3.63, 3.8) is 0 Å². The molecule has 2 rings (SSSR count). The molecule has 2 atom stereocenters. The topological polar surface area (TPSA) is 47.0 Å². The number of rotatable bonds is 7. The fourth-order valence-electron chi connectivity index (χ4n) is 3.19. The van der Waals surface area contributed by atoms with E-state index in [4.69, 9.17) is 11.6 Å². The quantitative estimate of drug-likeness (QED) is 0.791. The SMILES string of the molecule is CN(C)CCN(C)C[C@@H]1CN(C(=O)c2ccc(F)c(Cl)c2)C[C@@H]1CO. The summed E-state index contributed by atoms with van der Waals surface area (Å²) in [7, 11) is 6.13. The number of amides is 1. The molecule has 5 nitrogen and oxygen atoms in total. The molecule has 0 aliphatic carbocycles. The molecule has 1 amide bonds. The molecular formula is C18H27ClFN3O2. The van der Waals surface area contributed by atoms with Gasteiger partial charge in [-0.15, -0.1) is 0 Å². The van der Waals surface area contributed by atoms with Crippen molar-refractivity contribution in [2.24, 2.45) is 11.8 Å². The van der Waals surface area contributed by atoms with Gasteiger partial charge in [-0.2, -0.15) is 0 Å². The van der Waals surface area contributed by atoms with Gasteiger partial charge in [-0.3, -0.25) is 4.79 Å². The summed E-state index contributed by atoms with van der Waals surface area (Å²) in [5, 5.41) is 9.63. The second kappa shape index (κ2) is 8.94. The standard InChI is InChI=1S/C18H27ClFN3O2/c1-21(2)6-7-22(3)9-14-10-23(11-15(14)12-24)18(25)13-4-5-17(20)16(19)8-13/h4-5,8,14-15,24H,6-7,9-12H2,1-3H3/t14-,15-/m1/s1. The molecule has 0 unspecified atom stereocenters. The van der Waals surface area contributed by atoms with Gasteiger partial charge in [0.1, 0.15) is 5.82 Å². The molecule has 1 aliphatic heterocycles. The summed E-state index contributed by atoms with van der Waals surface area (Å²) in [6.07, 6.45) is 0. The Morgan fingerprint density at radius 2 is 1.96 bits per heavy atom. The van der Waals surface area contributed by atoms with E-state index in [1.54, 1.807) is 4.90 Å². The van der Waals surface area contributed by atoms with Crippen molar-refractivity contribution >= 4 is 17.5 Å². The Kier molecular flexibility index (Phi) is 7.19. The van der Waals surface area contributed by atoms with Crippen LogP contribution >= 0.6 is 11.6 Å². The van der Waals surface area contributed by atoms with Crippen LogP contribution in [-0.2, 0) is 0 Å². The maximum absolute atomic E-state index is 13.3. The molecule has 1 aromatic rings. The lowest BCUT2D eigenvalue weighted by molar-refractivity contribution is 0.0779. The number of carbonyl (C=O) groups excluding carboxylic acids is 1. The first-order valence-corrected chi connectivity index (χ1v) is 8.88. The lowest BCUT2D eigenvalue weighted by Crippen LogP contribution is -2.35. The molecule has 1 aliphatic rings.